The Hall–Kier alpha value is -2.05. The quantitative estimate of drug-likeness (QED) is 0.579. The number of aromatic nitrogens is 2. The van der Waals surface area contributed by atoms with E-state index < -0.39 is 0 Å². The average molecular weight is 236 g/mol. The first-order valence-electron chi connectivity index (χ1n) is 5.53. The maximum absolute atomic E-state index is 11.0. The molecule has 1 aromatic rings. The number of nitrogens with two attached hydrogens (primary N) is 1. The van der Waals surface area contributed by atoms with Crippen LogP contribution in [0.1, 0.15) is 12.8 Å². The predicted molar refractivity (Wildman–Crippen MR) is 65.6 cm³/mol. The molecule has 92 valence electrons. The molecule has 7 nitrogen and oxygen atoms in total. The van der Waals surface area contributed by atoms with E-state index in [-0.39, 0.29) is 17.9 Å². The standard InChI is InChI=1S/C10H16N6O/c1-12-7-4-8(16-10(11)15-7)14-6-2-3-9(17)13-5-6/h4,6H,2-3,5H2,1H3,(H,13,17)(H4,11,12,14,15,16). The topological polar surface area (TPSA) is 105 Å². The SMILES string of the molecule is CNc1cc(NC2CCC(=O)NC2)nc(N)n1. The van der Waals surface area contributed by atoms with Gasteiger partial charge in [-0.15, -0.1) is 0 Å². The second-order valence-corrected chi connectivity index (χ2v) is 3.93. The fourth-order valence-electron chi connectivity index (χ4n) is 1.73. The molecule has 0 aliphatic carbocycles. The minimum Gasteiger partial charge on any atom is -0.373 e. The van der Waals surface area contributed by atoms with Crippen molar-refractivity contribution in [3.8, 4) is 0 Å². The monoisotopic (exact) mass is 236 g/mol. The molecule has 1 fully saturated rings. The number of anilines is 3. The van der Waals surface area contributed by atoms with E-state index in [2.05, 4.69) is 25.9 Å². The van der Waals surface area contributed by atoms with E-state index in [9.17, 15) is 4.79 Å². The minimum atomic E-state index is 0.0983. The van der Waals surface area contributed by atoms with Gasteiger partial charge in [0.2, 0.25) is 11.9 Å². The summed E-state index contributed by atoms with van der Waals surface area (Å²) in [5, 5.41) is 8.95. The van der Waals surface area contributed by atoms with Crippen LogP contribution in [0.5, 0.6) is 0 Å². The van der Waals surface area contributed by atoms with E-state index >= 15 is 0 Å². The Labute approximate surface area is 99.2 Å². The summed E-state index contributed by atoms with van der Waals surface area (Å²) in [5.41, 5.74) is 5.59. The Morgan fingerprint density at radius 3 is 2.88 bits per heavy atom. The molecule has 1 amide bonds. The third kappa shape index (κ3) is 2.96. The fourth-order valence-corrected chi connectivity index (χ4v) is 1.73. The van der Waals surface area contributed by atoms with Crippen LogP contribution in [-0.4, -0.2) is 35.5 Å². The molecule has 0 aromatic carbocycles. The third-order valence-electron chi connectivity index (χ3n) is 2.62. The molecule has 1 aliphatic rings. The van der Waals surface area contributed by atoms with Crippen molar-refractivity contribution in [3.63, 3.8) is 0 Å². The molecule has 5 N–H and O–H groups in total. The predicted octanol–water partition coefficient (Wildman–Crippen LogP) is -0.209. The Kier molecular flexibility index (Phi) is 3.27. The van der Waals surface area contributed by atoms with Crippen LogP contribution < -0.4 is 21.7 Å². The number of hydrogen-bond donors (Lipinski definition) is 4. The summed E-state index contributed by atoms with van der Waals surface area (Å²) in [4.78, 5) is 19.1. The largest absolute Gasteiger partial charge is 0.373 e. The first-order valence-corrected chi connectivity index (χ1v) is 5.53. The van der Waals surface area contributed by atoms with Gasteiger partial charge in [0.1, 0.15) is 11.6 Å². The van der Waals surface area contributed by atoms with Crippen molar-refractivity contribution in [2.75, 3.05) is 30.0 Å². The molecule has 1 unspecified atom stereocenters. The molecule has 2 heterocycles. The highest BCUT2D eigenvalue weighted by atomic mass is 16.1. The lowest BCUT2D eigenvalue weighted by Gasteiger charge is -2.24. The van der Waals surface area contributed by atoms with Gasteiger partial charge in [0.25, 0.3) is 0 Å². The number of amides is 1. The molecule has 0 bridgehead atoms. The van der Waals surface area contributed by atoms with Gasteiger partial charge < -0.3 is 21.7 Å². The normalized spacial score (nSPS) is 19.6. The van der Waals surface area contributed by atoms with E-state index in [1.807, 2.05) is 0 Å². The molecule has 1 atom stereocenters. The average Bonchev–Trinajstić information content (AvgIpc) is 2.31. The lowest BCUT2D eigenvalue weighted by Crippen LogP contribution is -2.42. The van der Waals surface area contributed by atoms with E-state index in [0.717, 1.165) is 6.42 Å². The smallest absolute Gasteiger partial charge is 0.223 e. The summed E-state index contributed by atoms with van der Waals surface area (Å²) in [6, 6.07) is 1.97. The fraction of sp³-hybridized carbons (Fsp3) is 0.500. The summed E-state index contributed by atoms with van der Waals surface area (Å²) in [5.74, 6) is 1.66. The molecule has 17 heavy (non-hydrogen) atoms. The van der Waals surface area contributed by atoms with Crippen LogP contribution in [0.15, 0.2) is 6.07 Å². The van der Waals surface area contributed by atoms with Gasteiger partial charge in [-0.3, -0.25) is 4.79 Å². The van der Waals surface area contributed by atoms with Crippen molar-refractivity contribution in [3.05, 3.63) is 6.07 Å². The van der Waals surface area contributed by atoms with Gasteiger partial charge >= 0.3 is 0 Å². The van der Waals surface area contributed by atoms with Crippen molar-refractivity contribution >= 4 is 23.5 Å². The van der Waals surface area contributed by atoms with Crippen LogP contribution in [0, 0.1) is 0 Å². The number of piperidine rings is 1. The first-order chi connectivity index (χ1) is 8.17. The summed E-state index contributed by atoms with van der Waals surface area (Å²) < 4.78 is 0. The highest BCUT2D eigenvalue weighted by molar-refractivity contribution is 5.77. The maximum atomic E-state index is 11.0. The Morgan fingerprint density at radius 1 is 1.47 bits per heavy atom. The molecular formula is C10H16N6O. The maximum Gasteiger partial charge on any atom is 0.223 e. The number of carbonyl (C=O) groups excluding carboxylic acids is 1. The van der Waals surface area contributed by atoms with Crippen molar-refractivity contribution in [2.24, 2.45) is 0 Å². The third-order valence-corrected chi connectivity index (χ3v) is 2.62. The van der Waals surface area contributed by atoms with E-state index in [1.54, 1.807) is 13.1 Å². The van der Waals surface area contributed by atoms with Crippen molar-refractivity contribution in [1.29, 1.82) is 0 Å². The molecule has 7 heteroatoms. The Morgan fingerprint density at radius 2 is 2.24 bits per heavy atom. The summed E-state index contributed by atoms with van der Waals surface area (Å²) in [6.07, 6.45) is 1.34. The zero-order valence-corrected chi connectivity index (χ0v) is 9.66. The highest BCUT2D eigenvalue weighted by Crippen LogP contribution is 2.15. The number of rotatable bonds is 3. The summed E-state index contributed by atoms with van der Waals surface area (Å²) in [6.45, 7) is 0.609. The minimum absolute atomic E-state index is 0.0983. The van der Waals surface area contributed by atoms with E-state index in [4.69, 9.17) is 5.73 Å². The zero-order valence-electron chi connectivity index (χ0n) is 9.66. The Bertz CT molecular complexity index is 411. The molecule has 1 aliphatic heterocycles. The van der Waals surface area contributed by atoms with Gasteiger partial charge in [-0.2, -0.15) is 9.97 Å². The molecule has 2 rings (SSSR count). The van der Waals surface area contributed by atoms with Gasteiger partial charge in [0, 0.05) is 32.1 Å². The highest BCUT2D eigenvalue weighted by Gasteiger charge is 2.18. The Balaban J connectivity index is 2.02. The van der Waals surface area contributed by atoms with Gasteiger partial charge in [0.05, 0.1) is 0 Å². The zero-order chi connectivity index (χ0) is 12.3. The number of nitrogens with zero attached hydrogens (tertiary/aromatic N) is 2. The van der Waals surface area contributed by atoms with E-state index in [0.29, 0.717) is 24.6 Å². The van der Waals surface area contributed by atoms with Crippen molar-refractivity contribution in [1.82, 2.24) is 15.3 Å². The number of nitrogens with one attached hydrogen (secondary N) is 3. The van der Waals surface area contributed by atoms with Crippen LogP contribution in [0.3, 0.4) is 0 Å². The van der Waals surface area contributed by atoms with Crippen LogP contribution in [0.25, 0.3) is 0 Å². The second-order valence-electron chi connectivity index (χ2n) is 3.93. The van der Waals surface area contributed by atoms with Gasteiger partial charge in [0.15, 0.2) is 0 Å². The molecule has 0 spiro atoms. The lowest BCUT2D eigenvalue weighted by atomic mass is 10.1. The van der Waals surface area contributed by atoms with Crippen molar-refractivity contribution in [2.45, 2.75) is 18.9 Å². The van der Waals surface area contributed by atoms with E-state index in [1.165, 1.54) is 0 Å². The number of carbonyl (C=O) groups is 1. The molecular weight excluding hydrogens is 220 g/mol. The van der Waals surface area contributed by atoms with Gasteiger partial charge in [-0.25, -0.2) is 0 Å². The van der Waals surface area contributed by atoms with Crippen molar-refractivity contribution < 1.29 is 4.79 Å². The van der Waals surface area contributed by atoms with Crippen LogP contribution in [0.2, 0.25) is 0 Å². The van der Waals surface area contributed by atoms with Crippen LogP contribution in [-0.2, 0) is 4.79 Å². The van der Waals surface area contributed by atoms with Crippen LogP contribution >= 0.6 is 0 Å². The number of nitrogen functional groups attached to an aromatic ring is 1. The second kappa shape index (κ2) is 4.86. The van der Waals surface area contributed by atoms with Crippen LogP contribution in [0.4, 0.5) is 17.6 Å². The number of hydrogen-bond acceptors (Lipinski definition) is 6. The lowest BCUT2D eigenvalue weighted by molar-refractivity contribution is -0.122. The molecule has 1 aromatic heterocycles. The summed E-state index contributed by atoms with van der Waals surface area (Å²) >= 11 is 0. The van der Waals surface area contributed by atoms with Gasteiger partial charge in [-0.1, -0.05) is 0 Å². The molecule has 0 radical (unpaired) electrons. The summed E-state index contributed by atoms with van der Waals surface area (Å²) in [7, 11) is 1.77. The molecule has 1 saturated heterocycles. The first kappa shape index (κ1) is 11.4. The molecule has 0 saturated carbocycles. The van der Waals surface area contributed by atoms with Gasteiger partial charge in [-0.05, 0) is 6.42 Å².